The van der Waals surface area contributed by atoms with Crippen LogP contribution in [0.4, 0.5) is 5.69 Å². The number of nitrogens with zero attached hydrogens (tertiary/aromatic N) is 3. The molecule has 0 bridgehead atoms. The van der Waals surface area contributed by atoms with Crippen LogP contribution in [0.1, 0.15) is 5.69 Å². The van der Waals surface area contributed by atoms with Gasteiger partial charge in [0.25, 0.3) is 0 Å². The number of benzene rings is 1. The molecule has 0 unspecified atom stereocenters. The molecule has 3 rings (SSSR count). The normalized spacial score (nSPS) is 14.8. The number of rotatable bonds is 2. The lowest BCUT2D eigenvalue weighted by atomic mass is 10.2. The Morgan fingerprint density at radius 2 is 2.29 bits per heavy atom. The molecule has 1 aromatic carbocycles. The lowest BCUT2D eigenvalue weighted by Gasteiger charge is -2.28. The number of H-pyrrole nitrogens is 1. The summed E-state index contributed by atoms with van der Waals surface area (Å²) < 4.78 is 0. The van der Waals surface area contributed by atoms with Crippen LogP contribution in [0.15, 0.2) is 35.4 Å². The van der Waals surface area contributed by atoms with E-state index >= 15 is 0 Å². The van der Waals surface area contributed by atoms with Crippen LogP contribution in [0, 0.1) is 0 Å². The topological polar surface area (TPSA) is 61.9 Å². The van der Waals surface area contributed by atoms with Crippen molar-refractivity contribution < 1.29 is 4.79 Å². The molecule has 6 heteroatoms. The van der Waals surface area contributed by atoms with Gasteiger partial charge in [-0.1, -0.05) is 12.1 Å². The standard InChI is InChI=1S/C11H10N4OS/c16-11-7-17-10-4-2-1-3-9(10)15(11)6-8-5-12-14-13-8/h1-5H,6-7H2,(H,12,13,14). The van der Waals surface area contributed by atoms with Crippen molar-refractivity contribution in [3.05, 3.63) is 36.2 Å². The predicted molar refractivity (Wildman–Crippen MR) is 64.7 cm³/mol. The molecule has 0 saturated carbocycles. The van der Waals surface area contributed by atoms with Crippen LogP contribution in [-0.4, -0.2) is 27.1 Å². The Bertz CT molecular complexity index is 540. The summed E-state index contributed by atoms with van der Waals surface area (Å²) in [4.78, 5) is 14.8. The van der Waals surface area contributed by atoms with E-state index in [4.69, 9.17) is 0 Å². The molecule has 86 valence electrons. The molecule has 1 aromatic heterocycles. The second-order valence-electron chi connectivity index (χ2n) is 3.70. The number of thioether (sulfide) groups is 1. The lowest BCUT2D eigenvalue weighted by molar-refractivity contribution is -0.116. The Morgan fingerprint density at radius 1 is 1.41 bits per heavy atom. The molecular weight excluding hydrogens is 236 g/mol. The van der Waals surface area contributed by atoms with Gasteiger partial charge in [0.2, 0.25) is 5.91 Å². The SMILES string of the molecule is O=C1CSc2ccccc2N1Cc1cn[nH]n1. The van der Waals surface area contributed by atoms with Gasteiger partial charge in [0.15, 0.2) is 0 Å². The summed E-state index contributed by atoms with van der Waals surface area (Å²) in [5, 5.41) is 10.3. The van der Waals surface area contributed by atoms with Gasteiger partial charge in [0, 0.05) is 4.90 Å². The van der Waals surface area contributed by atoms with E-state index < -0.39 is 0 Å². The molecule has 0 saturated heterocycles. The van der Waals surface area contributed by atoms with Gasteiger partial charge in [-0.2, -0.15) is 15.4 Å². The first-order chi connectivity index (χ1) is 8.34. The molecule has 17 heavy (non-hydrogen) atoms. The number of fused-ring (bicyclic) bond motifs is 1. The number of aromatic nitrogens is 3. The van der Waals surface area contributed by atoms with Crippen LogP contribution in [0.5, 0.6) is 0 Å². The zero-order chi connectivity index (χ0) is 11.7. The minimum absolute atomic E-state index is 0.108. The monoisotopic (exact) mass is 246 g/mol. The fourth-order valence-corrected chi connectivity index (χ4v) is 2.73. The first-order valence-electron chi connectivity index (χ1n) is 5.21. The van der Waals surface area contributed by atoms with E-state index in [1.807, 2.05) is 24.3 Å². The molecule has 0 spiro atoms. The largest absolute Gasteiger partial charge is 0.304 e. The summed E-state index contributed by atoms with van der Waals surface area (Å²) in [6, 6.07) is 7.91. The summed E-state index contributed by atoms with van der Waals surface area (Å²) >= 11 is 1.58. The minimum Gasteiger partial charge on any atom is -0.304 e. The molecule has 2 aromatic rings. The van der Waals surface area contributed by atoms with Crippen LogP contribution in [0.25, 0.3) is 0 Å². The van der Waals surface area contributed by atoms with Crippen molar-refractivity contribution >= 4 is 23.4 Å². The van der Waals surface area contributed by atoms with Crippen molar-refractivity contribution in [2.24, 2.45) is 0 Å². The van der Waals surface area contributed by atoms with Crippen LogP contribution in [-0.2, 0) is 11.3 Å². The van der Waals surface area contributed by atoms with Crippen molar-refractivity contribution in [1.82, 2.24) is 15.4 Å². The van der Waals surface area contributed by atoms with Gasteiger partial charge in [-0.25, -0.2) is 0 Å². The third-order valence-electron chi connectivity index (χ3n) is 2.59. The van der Waals surface area contributed by atoms with Crippen molar-refractivity contribution in [2.75, 3.05) is 10.7 Å². The Kier molecular flexibility index (Phi) is 2.56. The third-order valence-corrected chi connectivity index (χ3v) is 3.64. The Labute approximate surface area is 102 Å². The molecular formula is C11H10N4OS. The predicted octanol–water partition coefficient (Wildman–Crippen LogP) is 1.44. The van der Waals surface area contributed by atoms with Crippen molar-refractivity contribution in [3.8, 4) is 0 Å². The molecule has 1 N–H and O–H groups in total. The van der Waals surface area contributed by atoms with Crippen LogP contribution >= 0.6 is 11.8 Å². The maximum atomic E-state index is 11.9. The first kappa shape index (κ1) is 10.3. The highest BCUT2D eigenvalue weighted by atomic mass is 32.2. The van der Waals surface area contributed by atoms with E-state index in [0.717, 1.165) is 16.3 Å². The van der Waals surface area contributed by atoms with E-state index in [2.05, 4.69) is 15.4 Å². The number of para-hydroxylation sites is 1. The summed E-state index contributed by atoms with van der Waals surface area (Å²) in [5.41, 5.74) is 1.72. The van der Waals surface area contributed by atoms with E-state index in [1.54, 1.807) is 22.9 Å². The molecule has 0 fully saturated rings. The number of nitrogens with one attached hydrogen (secondary N) is 1. The zero-order valence-corrected chi connectivity index (χ0v) is 9.78. The van der Waals surface area contributed by atoms with Gasteiger partial charge in [0.05, 0.1) is 24.2 Å². The van der Waals surface area contributed by atoms with E-state index in [0.29, 0.717) is 12.3 Å². The third kappa shape index (κ3) is 1.91. The summed E-state index contributed by atoms with van der Waals surface area (Å²) in [6.07, 6.45) is 1.64. The highest BCUT2D eigenvalue weighted by Crippen LogP contribution is 2.35. The zero-order valence-electron chi connectivity index (χ0n) is 8.96. The van der Waals surface area contributed by atoms with Crippen LogP contribution in [0.2, 0.25) is 0 Å². The van der Waals surface area contributed by atoms with Crippen molar-refractivity contribution in [3.63, 3.8) is 0 Å². The van der Waals surface area contributed by atoms with Crippen molar-refractivity contribution in [2.45, 2.75) is 11.4 Å². The smallest absolute Gasteiger partial charge is 0.237 e. The number of hydrogen-bond acceptors (Lipinski definition) is 4. The molecule has 0 aliphatic carbocycles. The number of carbonyl (C=O) groups is 1. The highest BCUT2D eigenvalue weighted by molar-refractivity contribution is 8.00. The maximum absolute atomic E-state index is 11.9. The summed E-state index contributed by atoms with van der Waals surface area (Å²) in [6.45, 7) is 0.465. The average molecular weight is 246 g/mol. The van der Waals surface area contributed by atoms with E-state index in [-0.39, 0.29) is 5.91 Å². The Hall–Kier alpha value is -1.82. The number of anilines is 1. The Balaban J connectivity index is 1.95. The first-order valence-corrected chi connectivity index (χ1v) is 6.20. The number of amides is 1. The average Bonchev–Trinajstić information content (AvgIpc) is 2.86. The van der Waals surface area contributed by atoms with Gasteiger partial charge < -0.3 is 4.90 Å². The fourth-order valence-electron chi connectivity index (χ4n) is 1.79. The molecule has 2 heterocycles. The highest BCUT2D eigenvalue weighted by Gasteiger charge is 2.24. The Morgan fingerprint density at radius 3 is 3.12 bits per heavy atom. The van der Waals surface area contributed by atoms with Gasteiger partial charge in [-0.05, 0) is 12.1 Å². The molecule has 0 radical (unpaired) electrons. The van der Waals surface area contributed by atoms with Crippen LogP contribution in [0.3, 0.4) is 0 Å². The van der Waals surface area contributed by atoms with Gasteiger partial charge in [0.1, 0.15) is 5.69 Å². The lowest BCUT2D eigenvalue weighted by Crippen LogP contribution is -2.34. The van der Waals surface area contributed by atoms with Gasteiger partial charge >= 0.3 is 0 Å². The van der Waals surface area contributed by atoms with E-state index in [9.17, 15) is 4.79 Å². The summed E-state index contributed by atoms with van der Waals surface area (Å²) in [7, 11) is 0. The fraction of sp³-hybridized carbons (Fsp3) is 0.182. The second kappa shape index (κ2) is 4.21. The van der Waals surface area contributed by atoms with Crippen LogP contribution < -0.4 is 4.90 Å². The van der Waals surface area contributed by atoms with Crippen molar-refractivity contribution in [1.29, 1.82) is 0 Å². The molecule has 0 atom stereocenters. The molecule has 1 aliphatic heterocycles. The number of carbonyl (C=O) groups excluding carboxylic acids is 1. The maximum Gasteiger partial charge on any atom is 0.237 e. The van der Waals surface area contributed by atoms with E-state index in [1.165, 1.54) is 0 Å². The van der Waals surface area contributed by atoms with Gasteiger partial charge in [-0.15, -0.1) is 11.8 Å². The molecule has 1 amide bonds. The number of aromatic amines is 1. The second-order valence-corrected chi connectivity index (χ2v) is 4.71. The quantitative estimate of drug-likeness (QED) is 0.871. The molecule has 1 aliphatic rings. The minimum atomic E-state index is 0.108. The molecule has 5 nitrogen and oxygen atoms in total. The van der Waals surface area contributed by atoms with Gasteiger partial charge in [-0.3, -0.25) is 4.79 Å². The number of hydrogen-bond donors (Lipinski definition) is 1. The summed E-state index contributed by atoms with van der Waals surface area (Å²) in [5.74, 6) is 0.589.